The van der Waals surface area contributed by atoms with E-state index in [1.165, 1.54) is 6.42 Å². The quantitative estimate of drug-likeness (QED) is 0.642. The van der Waals surface area contributed by atoms with Gasteiger partial charge < -0.3 is 5.11 Å². The molecule has 2 fully saturated rings. The first-order chi connectivity index (χ1) is 5.81. The van der Waals surface area contributed by atoms with Gasteiger partial charge in [-0.05, 0) is 43.4 Å². The van der Waals surface area contributed by atoms with Gasteiger partial charge in [0.05, 0.1) is 0 Å². The van der Waals surface area contributed by atoms with E-state index in [9.17, 15) is 4.39 Å². The van der Waals surface area contributed by atoms with Gasteiger partial charge in [-0.3, -0.25) is 0 Å². The van der Waals surface area contributed by atoms with Gasteiger partial charge in [0.2, 0.25) is 0 Å². The molecule has 0 aromatic heterocycles. The van der Waals surface area contributed by atoms with Crippen molar-refractivity contribution in [3.63, 3.8) is 0 Å². The molecule has 0 aromatic rings. The number of halogens is 1. The van der Waals surface area contributed by atoms with Crippen LogP contribution < -0.4 is 0 Å². The van der Waals surface area contributed by atoms with Gasteiger partial charge >= 0.3 is 0 Å². The van der Waals surface area contributed by atoms with E-state index in [1.807, 2.05) is 0 Å². The summed E-state index contributed by atoms with van der Waals surface area (Å²) in [6, 6.07) is 0. The van der Waals surface area contributed by atoms with Crippen LogP contribution in [0.25, 0.3) is 0 Å². The van der Waals surface area contributed by atoms with Crippen molar-refractivity contribution in [2.75, 3.05) is 6.61 Å². The van der Waals surface area contributed by atoms with Crippen molar-refractivity contribution in [3.8, 4) is 0 Å². The van der Waals surface area contributed by atoms with Crippen LogP contribution >= 0.6 is 0 Å². The molecule has 2 aliphatic rings. The first-order valence-electron chi connectivity index (χ1n) is 5.06. The fourth-order valence-corrected chi connectivity index (χ4v) is 2.94. The van der Waals surface area contributed by atoms with E-state index in [-0.39, 0.29) is 18.4 Å². The van der Waals surface area contributed by atoms with Crippen LogP contribution in [0.1, 0.15) is 32.1 Å². The molecule has 0 spiro atoms. The molecule has 2 rings (SSSR count). The van der Waals surface area contributed by atoms with E-state index in [0.29, 0.717) is 5.92 Å². The molecule has 0 aromatic carbocycles. The summed E-state index contributed by atoms with van der Waals surface area (Å²) in [6.07, 6.45) is 4.60. The predicted molar refractivity (Wildman–Crippen MR) is 45.5 cm³/mol. The highest BCUT2D eigenvalue weighted by molar-refractivity contribution is 4.89. The van der Waals surface area contributed by atoms with Crippen molar-refractivity contribution in [1.82, 2.24) is 0 Å². The molecular weight excluding hydrogens is 155 g/mol. The van der Waals surface area contributed by atoms with Gasteiger partial charge in [0.1, 0.15) is 6.17 Å². The average Bonchev–Trinajstić information content (AvgIpc) is 2.04. The third kappa shape index (κ3) is 1.37. The Morgan fingerprint density at radius 1 is 1.17 bits per heavy atom. The summed E-state index contributed by atoms with van der Waals surface area (Å²) in [4.78, 5) is 0. The van der Waals surface area contributed by atoms with Gasteiger partial charge in [-0.25, -0.2) is 4.39 Å². The molecule has 70 valence electrons. The summed E-state index contributed by atoms with van der Waals surface area (Å²) >= 11 is 0. The number of hydrogen-bond donors (Lipinski definition) is 1. The van der Waals surface area contributed by atoms with Crippen LogP contribution in [0.5, 0.6) is 0 Å². The SMILES string of the molecule is OCC1C[C@H]2CCC[C@H](C1)C2F. The van der Waals surface area contributed by atoms with Crippen LogP contribution in [0, 0.1) is 17.8 Å². The minimum absolute atomic E-state index is 0.264. The molecule has 0 unspecified atom stereocenters. The Kier molecular flexibility index (Phi) is 2.35. The summed E-state index contributed by atoms with van der Waals surface area (Å²) in [5.74, 6) is 0.941. The van der Waals surface area contributed by atoms with E-state index in [2.05, 4.69) is 0 Å². The predicted octanol–water partition coefficient (Wildman–Crippen LogP) is 2.14. The topological polar surface area (TPSA) is 20.2 Å². The van der Waals surface area contributed by atoms with Gasteiger partial charge in [0.25, 0.3) is 0 Å². The summed E-state index contributed by atoms with van der Waals surface area (Å²) in [6.45, 7) is 0.264. The molecule has 2 saturated carbocycles. The normalized spacial score (nSPS) is 47.5. The number of alkyl halides is 1. The molecule has 12 heavy (non-hydrogen) atoms. The molecule has 0 radical (unpaired) electrons. The second-order valence-corrected chi connectivity index (χ2v) is 4.42. The lowest BCUT2D eigenvalue weighted by Gasteiger charge is -2.41. The second-order valence-electron chi connectivity index (χ2n) is 4.42. The lowest BCUT2D eigenvalue weighted by atomic mass is 9.67. The summed E-state index contributed by atoms with van der Waals surface area (Å²) in [7, 11) is 0. The van der Waals surface area contributed by atoms with Crippen molar-refractivity contribution in [1.29, 1.82) is 0 Å². The Hall–Kier alpha value is -0.110. The molecule has 0 amide bonds. The average molecular weight is 172 g/mol. The smallest absolute Gasteiger partial charge is 0.106 e. The van der Waals surface area contributed by atoms with Crippen LogP contribution in [0.15, 0.2) is 0 Å². The Labute approximate surface area is 73.0 Å². The molecular formula is C10H17FO. The van der Waals surface area contributed by atoms with Crippen molar-refractivity contribution < 1.29 is 9.50 Å². The van der Waals surface area contributed by atoms with Crippen LogP contribution in [0.4, 0.5) is 4.39 Å². The van der Waals surface area contributed by atoms with E-state index in [4.69, 9.17) is 5.11 Å². The van der Waals surface area contributed by atoms with Crippen LogP contribution in [-0.2, 0) is 0 Å². The van der Waals surface area contributed by atoms with Gasteiger partial charge in [-0.1, -0.05) is 6.42 Å². The highest BCUT2D eigenvalue weighted by Gasteiger charge is 2.39. The number of rotatable bonds is 1. The van der Waals surface area contributed by atoms with Crippen LogP contribution in [0.3, 0.4) is 0 Å². The Balaban J connectivity index is 2.02. The van der Waals surface area contributed by atoms with Gasteiger partial charge in [-0.2, -0.15) is 0 Å². The largest absolute Gasteiger partial charge is 0.396 e. The molecule has 2 aliphatic carbocycles. The third-order valence-electron chi connectivity index (χ3n) is 3.58. The van der Waals surface area contributed by atoms with Crippen molar-refractivity contribution in [2.45, 2.75) is 38.3 Å². The van der Waals surface area contributed by atoms with Gasteiger partial charge in [0.15, 0.2) is 0 Å². The number of fused-ring (bicyclic) bond motifs is 2. The van der Waals surface area contributed by atoms with Crippen LogP contribution in [-0.4, -0.2) is 17.9 Å². The van der Waals surface area contributed by atoms with Crippen LogP contribution in [0.2, 0.25) is 0 Å². The minimum Gasteiger partial charge on any atom is -0.396 e. The Bertz CT molecular complexity index is 146. The summed E-state index contributed by atoms with van der Waals surface area (Å²) in [5.41, 5.74) is 0. The highest BCUT2D eigenvalue weighted by atomic mass is 19.1. The van der Waals surface area contributed by atoms with Crippen molar-refractivity contribution in [2.24, 2.45) is 17.8 Å². The van der Waals surface area contributed by atoms with E-state index >= 15 is 0 Å². The summed E-state index contributed by atoms with van der Waals surface area (Å²) in [5, 5.41) is 9.01. The maximum absolute atomic E-state index is 13.5. The molecule has 2 bridgehead atoms. The lowest BCUT2D eigenvalue weighted by molar-refractivity contribution is 0.00882. The van der Waals surface area contributed by atoms with Crippen molar-refractivity contribution >= 4 is 0 Å². The fraction of sp³-hybridized carbons (Fsp3) is 1.00. The highest BCUT2D eigenvalue weighted by Crippen LogP contribution is 2.44. The molecule has 0 aliphatic heterocycles. The zero-order valence-electron chi connectivity index (χ0n) is 7.38. The van der Waals surface area contributed by atoms with Gasteiger partial charge in [-0.15, -0.1) is 0 Å². The Morgan fingerprint density at radius 2 is 1.75 bits per heavy atom. The number of aliphatic hydroxyl groups excluding tert-OH is 1. The molecule has 2 heteroatoms. The molecule has 1 N–H and O–H groups in total. The monoisotopic (exact) mass is 172 g/mol. The number of hydrogen-bond acceptors (Lipinski definition) is 1. The maximum atomic E-state index is 13.5. The molecule has 0 heterocycles. The zero-order chi connectivity index (χ0) is 8.55. The minimum atomic E-state index is -0.554. The fourth-order valence-electron chi connectivity index (χ4n) is 2.94. The first kappa shape index (κ1) is 8.49. The van der Waals surface area contributed by atoms with Gasteiger partial charge in [0, 0.05) is 6.61 Å². The third-order valence-corrected chi connectivity index (χ3v) is 3.58. The molecule has 0 saturated heterocycles. The standard InChI is InChI=1S/C10H17FO/c11-10-8-2-1-3-9(10)5-7(4-8)6-12/h7-10,12H,1-6H2/t7?,8-,9-,10?/m1/s1. The Morgan fingerprint density at radius 3 is 2.25 bits per heavy atom. The van der Waals surface area contributed by atoms with E-state index in [0.717, 1.165) is 25.7 Å². The molecule has 2 atom stereocenters. The maximum Gasteiger partial charge on any atom is 0.106 e. The second kappa shape index (κ2) is 3.33. The first-order valence-corrected chi connectivity index (χ1v) is 5.06. The zero-order valence-corrected chi connectivity index (χ0v) is 7.38. The summed E-state index contributed by atoms with van der Waals surface area (Å²) < 4.78 is 13.5. The van der Waals surface area contributed by atoms with E-state index < -0.39 is 6.17 Å². The lowest BCUT2D eigenvalue weighted by Crippen LogP contribution is -2.38. The number of aliphatic hydroxyl groups is 1. The van der Waals surface area contributed by atoms with Crippen molar-refractivity contribution in [3.05, 3.63) is 0 Å². The molecule has 1 nitrogen and oxygen atoms in total. The van der Waals surface area contributed by atoms with E-state index in [1.54, 1.807) is 0 Å².